The summed E-state index contributed by atoms with van der Waals surface area (Å²) in [4.78, 5) is 0. The standard InChI is InChI=1S/C16H28N4O8/c17-1-2-24-3-4-25-5-6-26-8-11-7-20(19-18-11)12-13(22)14(23)16(9-21)10-27-15(12)28-16/h7,12-15,21-23H,1-6,8-10,17H2/t12-,13-,14-,15+,16+/m1/s1. The minimum absolute atomic E-state index is 0.00911. The Morgan fingerprint density at radius 1 is 1.18 bits per heavy atom. The van der Waals surface area contributed by atoms with E-state index in [4.69, 9.17) is 29.4 Å². The van der Waals surface area contributed by atoms with Crippen molar-refractivity contribution in [3.63, 3.8) is 0 Å². The molecule has 1 aromatic rings. The molecule has 160 valence electrons. The molecular weight excluding hydrogens is 376 g/mol. The molecule has 12 heteroatoms. The van der Waals surface area contributed by atoms with Gasteiger partial charge in [0, 0.05) is 6.54 Å². The Kier molecular flexibility index (Phi) is 7.68. The van der Waals surface area contributed by atoms with Crippen LogP contribution < -0.4 is 5.73 Å². The van der Waals surface area contributed by atoms with Crippen LogP contribution in [0.15, 0.2) is 6.20 Å². The minimum atomic E-state index is -1.31. The van der Waals surface area contributed by atoms with E-state index in [1.54, 1.807) is 6.20 Å². The van der Waals surface area contributed by atoms with Crippen molar-refractivity contribution in [1.29, 1.82) is 0 Å². The van der Waals surface area contributed by atoms with Crippen molar-refractivity contribution in [3.8, 4) is 0 Å². The highest BCUT2D eigenvalue weighted by Gasteiger charge is 2.59. The summed E-state index contributed by atoms with van der Waals surface area (Å²) in [5.74, 6) is 0. The molecule has 0 aromatic carbocycles. The lowest BCUT2D eigenvalue weighted by molar-refractivity contribution is -0.244. The average molecular weight is 404 g/mol. The Morgan fingerprint density at radius 3 is 2.61 bits per heavy atom. The third-order valence-electron chi connectivity index (χ3n) is 4.72. The lowest BCUT2D eigenvalue weighted by Gasteiger charge is -2.41. The zero-order chi connectivity index (χ0) is 20.0. The zero-order valence-corrected chi connectivity index (χ0v) is 15.6. The van der Waals surface area contributed by atoms with Crippen LogP contribution in [0.4, 0.5) is 0 Å². The lowest BCUT2D eigenvalue weighted by atomic mass is 9.88. The van der Waals surface area contributed by atoms with Gasteiger partial charge in [-0.2, -0.15) is 0 Å². The van der Waals surface area contributed by atoms with E-state index in [9.17, 15) is 15.3 Å². The van der Waals surface area contributed by atoms with Gasteiger partial charge in [0.1, 0.15) is 29.5 Å². The molecule has 0 spiro atoms. The van der Waals surface area contributed by atoms with Gasteiger partial charge >= 0.3 is 0 Å². The second kappa shape index (κ2) is 10.0. The minimum Gasteiger partial charge on any atom is -0.393 e. The number of fused-ring (bicyclic) bond motifs is 2. The van der Waals surface area contributed by atoms with E-state index in [0.717, 1.165) is 0 Å². The van der Waals surface area contributed by atoms with Gasteiger partial charge in [-0.3, -0.25) is 0 Å². The molecule has 0 saturated carbocycles. The van der Waals surface area contributed by atoms with Gasteiger partial charge in [-0.25, -0.2) is 4.68 Å². The second-order valence-corrected chi connectivity index (χ2v) is 6.70. The van der Waals surface area contributed by atoms with Gasteiger partial charge in [0.2, 0.25) is 0 Å². The summed E-state index contributed by atoms with van der Waals surface area (Å²) >= 11 is 0. The molecule has 2 saturated heterocycles. The molecule has 2 aliphatic rings. The van der Waals surface area contributed by atoms with Gasteiger partial charge in [0.15, 0.2) is 6.29 Å². The Morgan fingerprint density at radius 2 is 1.89 bits per heavy atom. The van der Waals surface area contributed by atoms with Crippen molar-refractivity contribution < 1.29 is 39.0 Å². The summed E-state index contributed by atoms with van der Waals surface area (Å²) in [6.45, 7) is 2.51. The maximum atomic E-state index is 10.5. The van der Waals surface area contributed by atoms with E-state index in [2.05, 4.69) is 10.3 Å². The molecular formula is C16H28N4O8. The van der Waals surface area contributed by atoms with Crippen LogP contribution in [-0.4, -0.2) is 107 Å². The fourth-order valence-corrected chi connectivity index (χ4v) is 3.19. The van der Waals surface area contributed by atoms with Gasteiger partial charge < -0.3 is 44.7 Å². The molecule has 12 nitrogen and oxygen atoms in total. The molecule has 5 atom stereocenters. The Hall–Kier alpha value is -1.22. The van der Waals surface area contributed by atoms with Gasteiger partial charge in [-0.05, 0) is 0 Å². The van der Waals surface area contributed by atoms with Crippen LogP contribution in [0.2, 0.25) is 0 Å². The number of ether oxygens (including phenoxy) is 5. The number of hydrogen-bond acceptors (Lipinski definition) is 11. The fraction of sp³-hybridized carbons (Fsp3) is 0.875. The first-order chi connectivity index (χ1) is 13.6. The SMILES string of the molecule is NCCOCCOCCOCc1cn([C@H]2[C@H]3OC[C@](CO)(O3)[C@H](O)[C@@H]2O)nn1. The summed E-state index contributed by atoms with van der Waals surface area (Å²) in [5.41, 5.74) is 4.55. The van der Waals surface area contributed by atoms with Crippen LogP contribution in [0.25, 0.3) is 0 Å². The quantitative estimate of drug-likeness (QED) is 0.265. The molecule has 0 unspecified atom stereocenters. The normalized spacial score (nSPS) is 32.1. The molecule has 0 radical (unpaired) electrons. The highest BCUT2D eigenvalue weighted by atomic mass is 16.7. The molecule has 3 rings (SSSR count). The van der Waals surface area contributed by atoms with Crippen molar-refractivity contribution in [2.75, 3.05) is 52.8 Å². The van der Waals surface area contributed by atoms with Crippen molar-refractivity contribution in [3.05, 3.63) is 11.9 Å². The average Bonchev–Trinajstić information content (AvgIpc) is 3.32. The predicted octanol–water partition coefficient (Wildman–Crippen LogP) is -2.83. The number of aliphatic hydroxyl groups excluding tert-OH is 3. The third kappa shape index (κ3) is 4.67. The summed E-state index contributed by atoms with van der Waals surface area (Å²) in [6.07, 6.45) is -1.77. The monoisotopic (exact) mass is 404 g/mol. The van der Waals surface area contributed by atoms with E-state index in [1.165, 1.54) is 4.68 Å². The Labute approximate surface area is 162 Å². The Bertz CT molecular complexity index is 605. The molecule has 5 N–H and O–H groups in total. The zero-order valence-electron chi connectivity index (χ0n) is 15.6. The summed E-state index contributed by atoms with van der Waals surface area (Å²) in [7, 11) is 0. The van der Waals surface area contributed by atoms with Gasteiger partial charge in [0.05, 0.1) is 59.1 Å². The van der Waals surface area contributed by atoms with Crippen LogP contribution in [0.5, 0.6) is 0 Å². The van der Waals surface area contributed by atoms with Crippen LogP contribution in [-0.2, 0) is 30.3 Å². The van der Waals surface area contributed by atoms with Crippen LogP contribution >= 0.6 is 0 Å². The number of nitrogens with two attached hydrogens (primary N) is 1. The topological polar surface area (TPSA) is 164 Å². The molecule has 0 amide bonds. The first-order valence-electron chi connectivity index (χ1n) is 9.22. The van der Waals surface area contributed by atoms with E-state index < -0.39 is 36.7 Å². The van der Waals surface area contributed by atoms with Gasteiger partial charge in [0.25, 0.3) is 0 Å². The van der Waals surface area contributed by atoms with E-state index >= 15 is 0 Å². The van der Waals surface area contributed by atoms with Crippen molar-refractivity contribution in [2.45, 2.75) is 36.7 Å². The highest BCUT2D eigenvalue weighted by molar-refractivity contribution is 5.06. The summed E-state index contributed by atoms with van der Waals surface area (Å²) in [5, 5.41) is 38.2. The van der Waals surface area contributed by atoms with E-state index in [0.29, 0.717) is 45.3 Å². The molecule has 1 aromatic heterocycles. The molecule has 28 heavy (non-hydrogen) atoms. The number of hydrogen-bond donors (Lipinski definition) is 4. The van der Waals surface area contributed by atoms with Crippen LogP contribution in [0.1, 0.15) is 11.7 Å². The van der Waals surface area contributed by atoms with E-state index in [1.807, 2.05) is 0 Å². The fourth-order valence-electron chi connectivity index (χ4n) is 3.19. The van der Waals surface area contributed by atoms with E-state index in [-0.39, 0.29) is 13.2 Å². The molecule has 2 fully saturated rings. The van der Waals surface area contributed by atoms with Crippen molar-refractivity contribution >= 4 is 0 Å². The molecule has 2 aliphatic heterocycles. The number of aliphatic hydroxyl groups is 3. The van der Waals surface area contributed by atoms with Gasteiger partial charge in [-0.1, -0.05) is 5.21 Å². The highest BCUT2D eigenvalue weighted by Crippen LogP contribution is 2.41. The van der Waals surface area contributed by atoms with Crippen molar-refractivity contribution in [2.24, 2.45) is 5.73 Å². The molecule has 0 aliphatic carbocycles. The molecule has 2 bridgehead atoms. The largest absolute Gasteiger partial charge is 0.393 e. The lowest BCUT2D eigenvalue weighted by Crippen LogP contribution is -2.60. The number of nitrogens with zero attached hydrogens (tertiary/aromatic N) is 3. The summed E-state index contributed by atoms with van der Waals surface area (Å²) in [6, 6.07) is -0.782. The molecule has 3 heterocycles. The van der Waals surface area contributed by atoms with Crippen molar-refractivity contribution in [1.82, 2.24) is 15.0 Å². The first-order valence-corrected chi connectivity index (χ1v) is 9.22. The van der Waals surface area contributed by atoms with Crippen LogP contribution in [0, 0.1) is 0 Å². The first kappa shape index (κ1) is 21.5. The number of rotatable bonds is 12. The van der Waals surface area contributed by atoms with Gasteiger partial charge in [-0.15, -0.1) is 5.10 Å². The number of aromatic nitrogens is 3. The Balaban J connectivity index is 1.42. The smallest absolute Gasteiger partial charge is 0.183 e. The predicted molar refractivity (Wildman–Crippen MR) is 92.1 cm³/mol. The van der Waals surface area contributed by atoms with Crippen LogP contribution in [0.3, 0.4) is 0 Å². The third-order valence-corrected chi connectivity index (χ3v) is 4.72. The summed E-state index contributed by atoms with van der Waals surface area (Å²) < 4.78 is 28.5. The maximum absolute atomic E-state index is 10.5. The maximum Gasteiger partial charge on any atom is 0.183 e. The second-order valence-electron chi connectivity index (χ2n) is 6.70.